The number of amides is 2. The molecule has 2 rings (SSSR count). The van der Waals surface area contributed by atoms with Crippen molar-refractivity contribution >= 4 is 23.8 Å². The van der Waals surface area contributed by atoms with E-state index in [-0.39, 0.29) is 22.6 Å². The molecule has 2 amide bonds. The molecule has 0 aromatic heterocycles. The molecule has 6 N–H and O–H groups in total. The van der Waals surface area contributed by atoms with E-state index in [9.17, 15) is 29.4 Å². The largest absolute Gasteiger partial charge is 0.508 e. The minimum atomic E-state index is -1.42. The highest BCUT2D eigenvalue weighted by molar-refractivity contribution is 6.06. The van der Waals surface area contributed by atoms with Crippen LogP contribution in [0.5, 0.6) is 11.5 Å². The molecule has 0 saturated heterocycles. The molecular formula is C17H14N2O8. The van der Waals surface area contributed by atoms with Gasteiger partial charge in [-0.3, -0.25) is 9.59 Å². The van der Waals surface area contributed by atoms with Gasteiger partial charge in [0.15, 0.2) is 0 Å². The van der Waals surface area contributed by atoms with Gasteiger partial charge in [0.1, 0.15) is 11.5 Å². The van der Waals surface area contributed by atoms with Crippen molar-refractivity contribution in [3.8, 4) is 11.5 Å². The van der Waals surface area contributed by atoms with Gasteiger partial charge in [0.2, 0.25) is 0 Å². The van der Waals surface area contributed by atoms with Crippen molar-refractivity contribution < 1.29 is 39.6 Å². The monoisotopic (exact) mass is 374 g/mol. The second-order valence-corrected chi connectivity index (χ2v) is 5.26. The Hall–Kier alpha value is -4.08. The number of carboxylic acids is 2. The summed E-state index contributed by atoms with van der Waals surface area (Å²) in [5, 5.41) is 41.3. The molecule has 0 aliphatic heterocycles. The highest BCUT2D eigenvalue weighted by atomic mass is 16.4. The van der Waals surface area contributed by atoms with Crippen molar-refractivity contribution in [1.29, 1.82) is 0 Å². The zero-order valence-electron chi connectivity index (χ0n) is 13.6. The van der Waals surface area contributed by atoms with Crippen LogP contribution in [0.25, 0.3) is 0 Å². The van der Waals surface area contributed by atoms with Gasteiger partial charge in [0.25, 0.3) is 11.8 Å². The fourth-order valence-electron chi connectivity index (χ4n) is 2.21. The van der Waals surface area contributed by atoms with Crippen molar-refractivity contribution in [2.75, 3.05) is 6.67 Å². The van der Waals surface area contributed by atoms with E-state index >= 15 is 0 Å². The average molecular weight is 374 g/mol. The molecule has 0 fully saturated rings. The first-order chi connectivity index (χ1) is 12.7. The van der Waals surface area contributed by atoms with Crippen molar-refractivity contribution in [2.24, 2.45) is 0 Å². The van der Waals surface area contributed by atoms with Crippen LogP contribution in [0.3, 0.4) is 0 Å². The Bertz CT molecular complexity index is 863. The molecule has 2 aromatic carbocycles. The Morgan fingerprint density at radius 3 is 1.37 bits per heavy atom. The molecule has 0 heterocycles. The fraction of sp³-hybridized carbons (Fsp3) is 0.0588. The maximum Gasteiger partial charge on any atom is 0.336 e. The molecular weight excluding hydrogens is 360 g/mol. The van der Waals surface area contributed by atoms with Crippen LogP contribution < -0.4 is 10.6 Å². The van der Waals surface area contributed by atoms with E-state index in [2.05, 4.69) is 10.6 Å². The summed E-state index contributed by atoms with van der Waals surface area (Å²) in [6.45, 7) is -0.419. The number of carbonyl (C=O) groups excluding carboxylic acids is 2. The second-order valence-electron chi connectivity index (χ2n) is 5.26. The average Bonchev–Trinajstić information content (AvgIpc) is 2.61. The minimum Gasteiger partial charge on any atom is -0.508 e. The van der Waals surface area contributed by atoms with Crippen LogP contribution in [0, 0.1) is 0 Å². The lowest BCUT2D eigenvalue weighted by Gasteiger charge is -2.11. The highest BCUT2D eigenvalue weighted by Gasteiger charge is 2.19. The third kappa shape index (κ3) is 4.51. The van der Waals surface area contributed by atoms with E-state index in [0.717, 1.165) is 36.4 Å². The van der Waals surface area contributed by atoms with Crippen molar-refractivity contribution in [3.05, 3.63) is 58.7 Å². The van der Waals surface area contributed by atoms with Crippen molar-refractivity contribution in [1.82, 2.24) is 10.6 Å². The molecule has 10 heteroatoms. The van der Waals surface area contributed by atoms with Crippen molar-refractivity contribution in [2.45, 2.75) is 0 Å². The maximum absolute atomic E-state index is 12.1. The van der Waals surface area contributed by atoms with Gasteiger partial charge in [-0.05, 0) is 36.4 Å². The number of aromatic carboxylic acids is 2. The molecule has 27 heavy (non-hydrogen) atoms. The lowest BCUT2D eigenvalue weighted by atomic mass is 10.1. The maximum atomic E-state index is 12.1. The van der Waals surface area contributed by atoms with Gasteiger partial charge in [0, 0.05) is 0 Å². The summed E-state index contributed by atoms with van der Waals surface area (Å²) in [6.07, 6.45) is 0. The lowest BCUT2D eigenvalue weighted by Crippen LogP contribution is -2.38. The molecule has 0 bridgehead atoms. The molecule has 0 radical (unpaired) electrons. The number of carbonyl (C=O) groups is 4. The quantitative estimate of drug-likeness (QED) is 0.399. The zero-order valence-corrected chi connectivity index (χ0v) is 13.6. The second kappa shape index (κ2) is 7.87. The summed E-state index contributed by atoms with van der Waals surface area (Å²) in [7, 11) is 0. The number of nitrogens with one attached hydrogen (secondary N) is 2. The van der Waals surface area contributed by atoms with Gasteiger partial charge >= 0.3 is 11.9 Å². The number of phenolic OH excluding ortho intramolecular Hbond substituents is 2. The number of hydrogen-bond acceptors (Lipinski definition) is 6. The van der Waals surface area contributed by atoms with E-state index in [1.165, 1.54) is 0 Å². The summed E-state index contributed by atoms with van der Waals surface area (Å²) < 4.78 is 0. The van der Waals surface area contributed by atoms with Crippen molar-refractivity contribution in [3.63, 3.8) is 0 Å². The number of carboxylic acid groups (broad SMARTS) is 2. The highest BCUT2D eigenvalue weighted by Crippen LogP contribution is 2.18. The normalized spacial score (nSPS) is 10.1. The first-order valence-corrected chi connectivity index (χ1v) is 7.39. The van der Waals surface area contributed by atoms with E-state index < -0.39 is 41.5 Å². The van der Waals surface area contributed by atoms with E-state index in [1.807, 2.05) is 0 Å². The van der Waals surface area contributed by atoms with Crippen LogP contribution in [0.1, 0.15) is 41.4 Å². The third-order valence-corrected chi connectivity index (χ3v) is 3.45. The molecule has 0 aliphatic carbocycles. The Morgan fingerprint density at radius 1 is 0.667 bits per heavy atom. The minimum absolute atomic E-state index is 0.231. The predicted octanol–water partition coefficient (Wildman–Crippen LogP) is 0.611. The Labute approximate surface area is 151 Å². The molecule has 0 saturated carbocycles. The SMILES string of the molecule is O=C(O)c1cc(O)ccc1C(=O)NCNC(=O)c1ccc(O)cc1C(=O)O. The fourth-order valence-corrected chi connectivity index (χ4v) is 2.21. The first kappa shape index (κ1) is 19.2. The van der Waals surface area contributed by atoms with E-state index in [1.54, 1.807) is 0 Å². The first-order valence-electron chi connectivity index (χ1n) is 7.39. The van der Waals surface area contributed by atoms with E-state index in [4.69, 9.17) is 10.2 Å². The van der Waals surface area contributed by atoms with Crippen LogP contribution in [0.2, 0.25) is 0 Å². The summed E-state index contributed by atoms with van der Waals surface area (Å²) >= 11 is 0. The van der Waals surface area contributed by atoms with Gasteiger partial charge in [0.05, 0.1) is 28.9 Å². The predicted molar refractivity (Wildman–Crippen MR) is 89.9 cm³/mol. The molecule has 0 aliphatic rings. The van der Waals surface area contributed by atoms with Gasteiger partial charge in [-0.1, -0.05) is 0 Å². The molecule has 2 aromatic rings. The number of benzene rings is 2. The standard InChI is InChI=1S/C17H14N2O8/c20-8-1-3-10(12(5-8)16(24)25)14(22)18-7-19-15(23)11-4-2-9(21)6-13(11)17(26)27/h1-6,20-21H,7H2,(H,18,22)(H,19,23)(H,24,25)(H,26,27). The molecule has 140 valence electrons. The summed E-state index contributed by atoms with van der Waals surface area (Å²) in [5.41, 5.74) is -1.31. The number of rotatable bonds is 6. The third-order valence-electron chi connectivity index (χ3n) is 3.45. The number of aromatic hydroxyl groups is 2. The summed E-state index contributed by atoms with van der Waals surface area (Å²) in [5.74, 6) is -5.14. The van der Waals surface area contributed by atoms with Gasteiger partial charge in [-0.2, -0.15) is 0 Å². The smallest absolute Gasteiger partial charge is 0.336 e. The Morgan fingerprint density at radius 2 is 1.04 bits per heavy atom. The molecule has 10 nitrogen and oxygen atoms in total. The molecule has 0 spiro atoms. The topological polar surface area (TPSA) is 173 Å². The van der Waals surface area contributed by atoms with Gasteiger partial charge in [-0.25, -0.2) is 9.59 Å². The Kier molecular flexibility index (Phi) is 5.61. The van der Waals surface area contributed by atoms with Gasteiger partial charge < -0.3 is 31.1 Å². The number of hydrogen-bond donors (Lipinski definition) is 6. The molecule has 0 atom stereocenters. The molecule has 0 unspecified atom stereocenters. The summed E-state index contributed by atoms with van der Waals surface area (Å²) in [4.78, 5) is 46.4. The van der Waals surface area contributed by atoms with Gasteiger partial charge in [-0.15, -0.1) is 0 Å². The van der Waals surface area contributed by atoms with Crippen LogP contribution in [-0.2, 0) is 0 Å². The Balaban J connectivity index is 2.07. The van der Waals surface area contributed by atoms with Crippen LogP contribution >= 0.6 is 0 Å². The zero-order chi connectivity index (χ0) is 20.1. The van der Waals surface area contributed by atoms with Crippen LogP contribution in [-0.4, -0.2) is 50.8 Å². The van der Waals surface area contributed by atoms with Crippen LogP contribution in [0.15, 0.2) is 36.4 Å². The van der Waals surface area contributed by atoms with E-state index in [0.29, 0.717) is 0 Å². The van der Waals surface area contributed by atoms with Crippen LogP contribution in [0.4, 0.5) is 0 Å². The number of phenols is 2. The summed E-state index contributed by atoms with van der Waals surface area (Å²) in [6, 6.07) is 6.30. The lowest BCUT2D eigenvalue weighted by molar-refractivity contribution is 0.0683.